The summed E-state index contributed by atoms with van der Waals surface area (Å²) >= 11 is 0. The van der Waals surface area contributed by atoms with Crippen LogP contribution < -0.4 is 21.9 Å². The highest BCUT2D eigenvalue weighted by atomic mass is 28.4. The number of amides is 2. The molecule has 0 aliphatic carbocycles. The molecular formula is C16H36N4O6Si. The molecule has 0 fully saturated rings. The summed E-state index contributed by atoms with van der Waals surface area (Å²) in [4.78, 5) is 23.0. The molecule has 0 aromatic rings. The van der Waals surface area contributed by atoms with Gasteiger partial charge in [0.15, 0.2) is 0 Å². The maximum absolute atomic E-state index is 11.8. The second kappa shape index (κ2) is 15.8. The summed E-state index contributed by atoms with van der Waals surface area (Å²) < 4.78 is 17.2. The van der Waals surface area contributed by atoms with E-state index >= 15 is 0 Å². The van der Waals surface area contributed by atoms with Crippen LogP contribution in [0.3, 0.4) is 0 Å². The van der Waals surface area contributed by atoms with Crippen molar-refractivity contribution in [1.29, 1.82) is 0 Å². The van der Waals surface area contributed by atoms with Gasteiger partial charge in [-0.3, -0.25) is 10.2 Å². The Balaban J connectivity index is 4.23. The van der Waals surface area contributed by atoms with Gasteiger partial charge < -0.3 is 29.4 Å². The first-order valence-corrected chi connectivity index (χ1v) is 11.5. The van der Waals surface area contributed by atoms with Crippen molar-refractivity contribution in [2.45, 2.75) is 58.5 Å². The zero-order valence-corrected chi connectivity index (χ0v) is 17.7. The number of nitrogens with two attached hydrogens (primary N) is 1. The topological polar surface area (TPSA) is 144 Å². The lowest BCUT2D eigenvalue weighted by molar-refractivity contribution is -0.139. The molecule has 0 aromatic heterocycles. The molecule has 160 valence electrons. The van der Waals surface area contributed by atoms with Crippen LogP contribution in [0.5, 0.6) is 0 Å². The highest BCUT2D eigenvalue weighted by Crippen LogP contribution is 2.17. The highest BCUT2D eigenvalue weighted by Gasteiger charge is 2.39. The standard InChI is InChI=1S/C16H36N4O6Si/c1-4-24-27(25-5-2,26-6-3)13-9-12-18-16(23)20-19-14(15(21)22)10-7-8-11-17/h14,19H,4-13,17H2,1-3H3,(H,21,22)(H2,18,20,23)/t14-/m0/s1. The summed E-state index contributed by atoms with van der Waals surface area (Å²) in [5.74, 6) is -1.02. The van der Waals surface area contributed by atoms with Crippen molar-refractivity contribution in [3.63, 3.8) is 0 Å². The van der Waals surface area contributed by atoms with E-state index in [0.717, 1.165) is 6.42 Å². The van der Waals surface area contributed by atoms with Crippen molar-refractivity contribution in [3.8, 4) is 0 Å². The Kier molecular flexibility index (Phi) is 15.1. The molecule has 0 aliphatic rings. The molecule has 0 saturated heterocycles. The quantitative estimate of drug-likeness (QED) is 0.135. The number of carbonyl (C=O) groups is 2. The van der Waals surface area contributed by atoms with Crippen LogP contribution in [0, 0.1) is 0 Å². The fraction of sp³-hybridized carbons (Fsp3) is 0.875. The molecule has 11 heteroatoms. The highest BCUT2D eigenvalue weighted by molar-refractivity contribution is 6.60. The number of aliphatic carboxylic acids is 1. The summed E-state index contributed by atoms with van der Waals surface area (Å²) in [7, 11) is -2.71. The number of hydrogen-bond donors (Lipinski definition) is 5. The van der Waals surface area contributed by atoms with Gasteiger partial charge in [-0.05, 0) is 53.0 Å². The minimum Gasteiger partial charge on any atom is -0.480 e. The van der Waals surface area contributed by atoms with Gasteiger partial charge in [-0.1, -0.05) is 0 Å². The molecule has 0 saturated carbocycles. The molecule has 10 nitrogen and oxygen atoms in total. The van der Waals surface area contributed by atoms with Crippen molar-refractivity contribution in [2.75, 3.05) is 32.9 Å². The van der Waals surface area contributed by atoms with Crippen LogP contribution in [-0.4, -0.2) is 64.9 Å². The number of carboxylic acids is 1. The number of urea groups is 1. The summed E-state index contributed by atoms with van der Waals surface area (Å²) in [5, 5.41) is 11.8. The molecule has 6 N–H and O–H groups in total. The number of carboxylic acid groups (broad SMARTS) is 1. The van der Waals surface area contributed by atoms with Crippen molar-refractivity contribution in [1.82, 2.24) is 16.2 Å². The predicted octanol–water partition coefficient (Wildman–Crippen LogP) is 0.811. The van der Waals surface area contributed by atoms with Crippen LogP contribution in [0.4, 0.5) is 4.79 Å². The van der Waals surface area contributed by atoms with E-state index in [1.165, 1.54) is 0 Å². The van der Waals surface area contributed by atoms with E-state index in [-0.39, 0.29) is 0 Å². The van der Waals surface area contributed by atoms with E-state index in [2.05, 4.69) is 16.2 Å². The molecule has 1 atom stereocenters. The summed E-state index contributed by atoms with van der Waals surface area (Å²) in [5.41, 5.74) is 10.3. The van der Waals surface area contributed by atoms with Crippen molar-refractivity contribution in [3.05, 3.63) is 0 Å². The van der Waals surface area contributed by atoms with Gasteiger partial charge in [-0.2, -0.15) is 0 Å². The summed E-state index contributed by atoms with van der Waals surface area (Å²) in [6, 6.07) is -0.750. The minimum atomic E-state index is -2.71. The van der Waals surface area contributed by atoms with Crippen molar-refractivity contribution >= 4 is 20.8 Å². The van der Waals surface area contributed by atoms with Gasteiger partial charge in [-0.15, -0.1) is 0 Å². The first kappa shape index (κ1) is 25.8. The number of unbranched alkanes of at least 4 members (excludes halogenated alkanes) is 1. The first-order chi connectivity index (χ1) is 12.9. The maximum Gasteiger partial charge on any atom is 0.500 e. The molecule has 0 aliphatic heterocycles. The van der Waals surface area contributed by atoms with E-state index in [1.54, 1.807) is 0 Å². The van der Waals surface area contributed by atoms with Gasteiger partial charge in [0.2, 0.25) is 0 Å². The Morgan fingerprint density at radius 1 is 1.04 bits per heavy atom. The lowest BCUT2D eigenvalue weighted by atomic mass is 10.1. The largest absolute Gasteiger partial charge is 0.500 e. The Morgan fingerprint density at radius 3 is 2.11 bits per heavy atom. The van der Waals surface area contributed by atoms with Crippen LogP contribution >= 0.6 is 0 Å². The third-order valence-electron chi connectivity index (χ3n) is 3.64. The van der Waals surface area contributed by atoms with Gasteiger partial charge in [0, 0.05) is 32.4 Å². The SMILES string of the molecule is CCO[Si](CCCNC(=O)NN[C@@H](CCCCN)C(=O)O)(OCC)OCC. The Bertz CT molecular complexity index is 399. The number of hydrazine groups is 1. The van der Waals surface area contributed by atoms with E-state index in [4.69, 9.17) is 24.1 Å². The molecular weight excluding hydrogens is 372 g/mol. The van der Waals surface area contributed by atoms with Crippen LogP contribution in [0.2, 0.25) is 6.04 Å². The monoisotopic (exact) mass is 408 g/mol. The third-order valence-corrected chi connectivity index (χ3v) is 6.79. The van der Waals surface area contributed by atoms with Gasteiger partial charge >= 0.3 is 20.8 Å². The third kappa shape index (κ3) is 11.9. The van der Waals surface area contributed by atoms with Crippen LogP contribution in [-0.2, 0) is 18.1 Å². The van der Waals surface area contributed by atoms with Crippen LogP contribution in [0.15, 0.2) is 0 Å². The Labute approximate surface area is 162 Å². The zero-order valence-electron chi connectivity index (χ0n) is 16.7. The first-order valence-electron chi connectivity index (χ1n) is 9.58. The fourth-order valence-electron chi connectivity index (χ4n) is 2.46. The Morgan fingerprint density at radius 2 is 1.63 bits per heavy atom. The van der Waals surface area contributed by atoms with Crippen LogP contribution in [0.1, 0.15) is 46.5 Å². The van der Waals surface area contributed by atoms with E-state index < -0.39 is 26.8 Å². The molecule has 0 bridgehead atoms. The van der Waals surface area contributed by atoms with Gasteiger partial charge in [-0.25, -0.2) is 10.2 Å². The average molecular weight is 409 g/mol. The lowest BCUT2D eigenvalue weighted by Gasteiger charge is -2.28. The second-order valence-corrected chi connectivity index (χ2v) is 8.52. The van der Waals surface area contributed by atoms with Crippen molar-refractivity contribution in [2.24, 2.45) is 5.73 Å². The number of hydrogen-bond acceptors (Lipinski definition) is 7. The van der Waals surface area contributed by atoms with E-state index in [9.17, 15) is 9.59 Å². The van der Waals surface area contributed by atoms with E-state index in [1.807, 2.05) is 20.8 Å². The smallest absolute Gasteiger partial charge is 0.480 e. The predicted molar refractivity (Wildman–Crippen MR) is 104 cm³/mol. The molecule has 0 radical (unpaired) electrons. The number of rotatable bonds is 17. The Hall–Kier alpha value is -1.24. The van der Waals surface area contributed by atoms with Gasteiger partial charge in [0.05, 0.1) is 0 Å². The number of nitrogens with one attached hydrogen (secondary N) is 3. The lowest BCUT2D eigenvalue weighted by Crippen LogP contribution is -2.52. The van der Waals surface area contributed by atoms with Gasteiger partial charge in [0.25, 0.3) is 0 Å². The molecule has 0 rings (SSSR count). The summed E-state index contributed by atoms with van der Waals surface area (Å²) in [6.45, 7) is 8.09. The van der Waals surface area contributed by atoms with Gasteiger partial charge in [0.1, 0.15) is 6.04 Å². The molecule has 2 amide bonds. The van der Waals surface area contributed by atoms with Crippen LogP contribution in [0.25, 0.3) is 0 Å². The molecule has 0 aromatic carbocycles. The molecule has 27 heavy (non-hydrogen) atoms. The normalized spacial score (nSPS) is 12.6. The fourth-order valence-corrected chi connectivity index (χ4v) is 5.07. The van der Waals surface area contributed by atoms with Crippen molar-refractivity contribution < 1.29 is 28.0 Å². The van der Waals surface area contributed by atoms with E-state index in [0.29, 0.717) is 58.2 Å². The summed E-state index contributed by atoms with van der Waals surface area (Å²) in [6.07, 6.45) is 2.42. The molecule has 0 heterocycles. The second-order valence-electron chi connectivity index (χ2n) is 5.79. The number of carbonyl (C=O) groups excluding carboxylic acids is 1. The maximum atomic E-state index is 11.8. The molecule has 0 unspecified atom stereocenters. The zero-order chi connectivity index (χ0) is 20.5. The molecule has 0 spiro atoms. The minimum absolute atomic E-state index is 0.387. The average Bonchev–Trinajstić information content (AvgIpc) is 2.62.